The van der Waals surface area contributed by atoms with Crippen molar-refractivity contribution in [3.05, 3.63) is 89.3 Å². The molecule has 3 heterocycles. The van der Waals surface area contributed by atoms with Gasteiger partial charge in [-0.15, -0.1) is 28.3 Å². The molecule has 3 aromatic carbocycles. The number of methoxy groups -OCH3 is 2. The third kappa shape index (κ3) is 6.10. The molecule has 0 aliphatic carbocycles. The summed E-state index contributed by atoms with van der Waals surface area (Å²) in [6, 6.07) is 23.0. The normalized spacial score (nSPS) is 17.4. The summed E-state index contributed by atoms with van der Waals surface area (Å²) in [6.45, 7) is 1.17. The first-order valence-corrected chi connectivity index (χ1v) is 16.0. The number of sulfonamides is 1. The van der Waals surface area contributed by atoms with Crippen molar-refractivity contribution in [3.63, 3.8) is 0 Å². The molecule has 0 radical (unpaired) electrons. The molecule has 8 nitrogen and oxygen atoms in total. The topological polar surface area (TPSA) is 84.3 Å². The molecule has 1 saturated heterocycles. The van der Waals surface area contributed by atoms with E-state index in [-0.39, 0.29) is 23.0 Å². The van der Waals surface area contributed by atoms with Gasteiger partial charge in [0.2, 0.25) is 15.2 Å². The predicted molar refractivity (Wildman–Crippen MR) is 173 cm³/mol. The molecule has 1 unspecified atom stereocenters. The van der Waals surface area contributed by atoms with Crippen LogP contribution in [0.2, 0.25) is 0 Å². The minimum atomic E-state index is -3.48. The van der Waals surface area contributed by atoms with Crippen molar-refractivity contribution in [3.8, 4) is 22.8 Å². The van der Waals surface area contributed by atoms with E-state index in [0.29, 0.717) is 18.0 Å². The molecule has 220 valence electrons. The SMILES string of the molecule is Br.COc1ccc(C2=NN(c3nc(-c4ccc(S(=O)(=O)N5CCCCC5)cc4)cs3)C(c3ccc(OC)cc3)C2)cc1. The number of nitrogens with zero attached hydrogens (tertiary/aromatic N) is 4. The number of hydrazone groups is 1. The zero-order valence-corrected chi connectivity index (χ0v) is 26.8. The molecule has 2 aliphatic heterocycles. The zero-order valence-electron chi connectivity index (χ0n) is 23.5. The molecule has 11 heteroatoms. The van der Waals surface area contributed by atoms with Crippen LogP contribution in [0, 0.1) is 0 Å². The average molecular weight is 670 g/mol. The lowest BCUT2D eigenvalue weighted by molar-refractivity contribution is 0.346. The second kappa shape index (κ2) is 12.9. The van der Waals surface area contributed by atoms with Crippen molar-refractivity contribution in [2.24, 2.45) is 5.10 Å². The molecule has 0 saturated carbocycles. The summed E-state index contributed by atoms with van der Waals surface area (Å²) < 4.78 is 38.5. The number of thiazole rings is 1. The molecule has 1 atom stereocenters. The van der Waals surface area contributed by atoms with Crippen molar-refractivity contribution >= 4 is 49.2 Å². The fourth-order valence-electron chi connectivity index (χ4n) is 5.28. The number of anilines is 1. The van der Waals surface area contributed by atoms with Crippen molar-refractivity contribution in [2.75, 3.05) is 32.3 Å². The average Bonchev–Trinajstić information content (AvgIpc) is 3.70. The molecule has 6 rings (SSSR count). The van der Waals surface area contributed by atoms with Gasteiger partial charge in [0.05, 0.1) is 36.6 Å². The van der Waals surface area contributed by atoms with E-state index >= 15 is 0 Å². The minimum Gasteiger partial charge on any atom is -0.497 e. The van der Waals surface area contributed by atoms with Gasteiger partial charge >= 0.3 is 0 Å². The number of hydrogen-bond acceptors (Lipinski definition) is 8. The van der Waals surface area contributed by atoms with Crippen molar-refractivity contribution in [2.45, 2.75) is 36.6 Å². The molecule has 0 bridgehead atoms. The summed E-state index contributed by atoms with van der Waals surface area (Å²) in [7, 11) is -0.157. The highest BCUT2D eigenvalue weighted by Crippen LogP contribution is 2.40. The molecule has 0 spiro atoms. The summed E-state index contributed by atoms with van der Waals surface area (Å²) >= 11 is 1.52. The molecule has 2 aliphatic rings. The Bertz CT molecular complexity index is 1630. The van der Waals surface area contributed by atoms with E-state index in [1.807, 2.05) is 58.9 Å². The van der Waals surface area contributed by atoms with Gasteiger partial charge < -0.3 is 9.47 Å². The van der Waals surface area contributed by atoms with Crippen LogP contribution in [-0.4, -0.2) is 50.7 Å². The Morgan fingerprint density at radius 1 is 0.810 bits per heavy atom. The summed E-state index contributed by atoms with van der Waals surface area (Å²) in [5, 5.41) is 9.79. The second-order valence-corrected chi connectivity index (χ2v) is 12.9. The van der Waals surface area contributed by atoms with Gasteiger partial charge in [0.15, 0.2) is 0 Å². The van der Waals surface area contributed by atoms with Gasteiger partial charge in [-0.2, -0.15) is 9.41 Å². The Hall–Kier alpha value is -3.25. The van der Waals surface area contributed by atoms with Crippen LogP contribution in [0.5, 0.6) is 11.5 Å². The van der Waals surface area contributed by atoms with Crippen LogP contribution in [0.1, 0.15) is 42.9 Å². The molecular weight excluding hydrogens is 636 g/mol. The molecular formula is C31H33BrN4O4S2. The van der Waals surface area contributed by atoms with Gasteiger partial charge in [0.25, 0.3) is 0 Å². The first-order valence-electron chi connectivity index (χ1n) is 13.7. The lowest BCUT2D eigenvalue weighted by Gasteiger charge is -2.25. The third-order valence-corrected chi connectivity index (χ3v) is 10.4. The van der Waals surface area contributed by atoms with E-state index in [9.17, 15) is 8.42 Å². The molecule has 1 fully saturated rings. The van der Waals surface area contributed by atoms with Crippen LogP contribution >= 0.6 is 28.3 Å². The number of halogens is 1. The summed E-state index contributed by atoms with van der Waals surface area (Å²) in [5.74, 6) is 1.60. The van der Waals surface area contributed by atoms with Gasteiger partial charge in [0.1, 0.15) is 11.5 Å². The molecule has 42 heavy (non-hydrogen) atoms. The second-order valence-electron chi connectivity index (χ2n) is 10.1. The Balaban J connectivity index is 0.00000353. The van der Waals surface area contributed by atoms with Crippen LogP contribution in [0.4, 0.5) is 5.13 Å². The van der Waals surface area contributed by atoms with Crippen molar-refractivity contribution in [1.29, 1.82) is 0 Å². The number of piperidine rings is 1. The quantitative estimate of drug-likeness (QED) is 0.202. The van der Waals surface area contributed by atoms with Gasteiger partial charge in [0, 0.05) is 30.5 Å². The Morgan fingerprint density at radius 3 is 2.02 bits per heavy atom. The fourth-order valence-corrected chi connectivity index (χ4v) is 7.63. The van der Waals surface area contributed by atoms with Gasteiger partial charge in [-0.25, -0.2) is 18.4 Å². The van der Waals surface area contributed by atoms with Gasteiger partial charge in [-0.1, -0.05) is 30.7 Å². The smallest absolute Gasteiger partial charge is 0.243 e. The Kier molecular flexibility index (Phi) is 9.32. The summed E-state index contributed by atoms with van der Waals surface area (Å²) in [6.07, 6.45) is 3.63. The van der Waals surface area contributed by atoms with E-state index < -0.39 is 10.0 Å². The van der Waals surface area contributed by atoms with E-state index in [4.69, 9.17) is 19.6 Å². The predicted octanol–water partition coefficient (Wildman–Crippen LogP) is 6.94. The lowest BCUT2D eigenvalue weighted by atomic mass is 9.98. The highest BCUT2D eigenvalue weighted by Gasteiger charge is 2.32. The van der Waals surface area contributed by atoms with Crippen LogP contribution in [0.15, 0.2) is 88.2 Å². The first-order chi connectivity index (χ1) is 20.0. The summed E-state index contributed by atoms with van der Waals surface area (Å²) in [5.41, 5.74) is 4.77. The van der Waals surface area contributed by atoms with Crippen LogP contribution < -0.4 is 14.5 Å². The van der Waals surface area contributed by atoms with Crippen LogP contribution in [-0.2, 0) is 10.0 Å². The van der Waals surface area contributed by atoms with Gasteiger partial charge in [-0.05, 0) is 72.5 Å². The Labute approximate surface area is 261 Å². The van der Waals surface area contributed by atoms with E-state index in [0.717, 1.165) is 70.4 Å². The lowest BCUT2D eigenvalue weighted by Crippen LogP contribution is -2.35. The number of aromatic nitrogens is 1. The number of benzene rings is 3. The van der Waals surface area contributed by atoms with E-state index in [1.165, 1.54) is 11.3 Å². The minimum absolute atomic E-state index is 0. The van der Waals surface area contributed by atoms with Crippen molar-refractivity contribution in [1.82, 2.24) is 9.29 Å². The Morgan fingerprint density at radius 2 is 1.40 bits per heavy atom. The van der Waals surface area contributed by atoms with Gasteiger partial charge in [-0.3, -0.25) is 0 Å². The largest absolute Gasteiger partial charge is 0.497 e. The molecule has 0 N–H and O–H groups in total. The number of hydrogen-bond donors (Lipinski definition) is 0. The zero-order chi connectivity index (χ0) is 28.4. The molecule has 1 aromatic heterocycles. The summed E-state index contributed by atoms with van der Waals surface area (Å²) in [4.78, 5) is 5.27. The van der Waals surface area contributed by atoms with E-state index in [2.05, 4.69) is 12.1 Å². The highest BCUT2D eigenvalue weighted by molar-refractivity contribution is 8.93. The highest BCUT2D eigenvalue weighted by atomic mass is 79.9. The number of ether oxygens (including phenoxy) is 2. The molecule has 0 amide bonds. The third-order valence-electron chi connectivity index (χ3n) is 7.63. The maximum absolute atomic E-state index is 13.1. The standard InChI is InChI=1S/C31H32N4O4S2.BrH/c1-38-25-12-6-22(7-13-25)28-20-30(24-8-14-26(39-2)15-9-24)35(33-28)31-32-29(21-40-31)23-10-16-27(17-11-23)41(36,37)34-18-4-3-5-19-34;/h6-17,21,30H,3-5,18-20H2,1-2H3;1H. The van der Waals surface area contributed by atoms with E-state index in [1.54, 1.807) is 30.7 Å². The van der Waals surface area contributed by atoms with Crippen molar-refractivity contribution < 1.29 is 17.9 Å². The van der Waals surface area contributed by atoms with Crippen LogP contribution in [0.25, 0.3) is 11.3 Å². The molecule has 4 aromatic rings. The maximum Gasteiger partial charge on any atom is 0.243 e. The first kappa shape index (κ1) is 30.2. The monoisotopic (exact) mass is 668 g/mol. The number of rotatable bonds is 8. The maximum atomic E-state index is 13.1. The van der Waals surface area contributed by atoms with Crippen LogP contribution in [0.3, 0.4) is 0 Å². The fraction of sp³-hybridized carbons (Fsp3) is 0.290.